The molecular formula is C21H25N7O2. The lowest BCUT2D eigenvalue weighted by Gasteiger charge is -2.38. The minimum Gasteiger partial charge on any atom is -0.467 e. The van der Waals surface area contributed by atoms with Crippen LogP contribution in [-0.2, 0) is 0 Å². The van der Waals surface area contributed by atoms with Crippen molar-refractivity contribution in [3.8, 4) is 6.01 Å². The van der Waals surface area contributed by atoms with Crippen molar-refractivity contribution in [2.24, 2.45) is 0 Å². The largest absolute Gasteiger partial charge is 0.467 e. The van der Waals surface area contributed by atoms with Crippen molar-refractivity contribution in [3.05, 3.63) is 42.1 Å². The fraction of sp³-hybridized carbons (Fsp3) is 0.381. The normalized spacial score (nSPS) is 19.0. The molecular weight excluding hydrogens is 382 g/mol. The monoisotopic (exact) mass is 407 g/mol. The summed E-state index contributed by atoms with van der Waals surface area (Å²) < 4.78 is 5.22. The van der Waals surface area contributed by atoms with Gasteiger partial charge >= 0.3 is 6.01 Å². The number of aryl methyl sites for hydroxylation is 1. The molecule has 1 fully saturated rings. The smallest absolute Gasteiger partial charge is 0.316 e. The van der Waals surface area contributed by atoms with Crippen LogP contribution in [0.1, 0.15) is 29.9 Å². The standard InChI is InChI=1S/C21H25N7O2/c1-12-9-28(10-13(2)25-12)18-6-5-15(19-16(18)7-23-21(27-19)30-4)20(29)26-17-8-22-11-24-14(17)3/h5-8,11-13,25H,9-10H2,1-4H3,(H,26,29). The fourth-order valence-corrected chi connectivity index (χ4v) is 3.87. The van der Waals surface area contributed by atoms with Crippen LogP contribution < -0.4 is 20.3 Å². The molecule has 2 N–H and O–H groups in total. The number of aromatic nitrogens is 4. The van der Waals surface area contributed by atoms with Crippen molar-refractivity contribution in [2.45, 2.75) is 32.9 Å². The van der Waals surface area contributed by atoms with Gasteiger partial charge in [0.25, 0.3) is 5.91 Å². The topological polar surface area (TPSA) is 105 Å². The van der Waals surface area contributed by atoms with Gasteiger partial charge in [-0.3, -0.25) is 4.79 Å². The first kappa shape index (κ1) is 20.0. The van der Waals surface area contributed by atoms with E-state index >= 15 is 0 Å². The first-order chi connectivity index (χ1) is 14.5. The van der Waals surface area contributed by atoms with E-state index in [-0.39, 0.29) is 11.9 Å². The second kappa shape index (κ2) is 8.19. The Hall–Kier alpha value is -3.33. The molecule has 0 radical (unpaired) electrons. The van der Waals surface area contributed by atoms with Crippen LogP contribution in [0.5, 0.6) is 6.01 Å². The zero-order valence-corrected chi connectivity index (χ0v) is 17.5. The minimum absolute atomic E-state index is 0.218. The summed E-state index contributed by atoms with van der Waals surface area (Å²) in [5.74, 6) is -0.285. The third kappa shape index (κ3) is 3.88. The zero-order chi connectivity index (χ0) is 21.3. The highest BCUT2D eigenvalue weighted by Gasteiger charge is 2.24. The molecule has 9 heteroatoms. The predicted molar refractivity (Wildman–Crippen MR) is 115 cm³/mol. The zero-order valence-electron chi connectivity index (χ0n) is 17.5. The molecule has 3 heterocycles. The van der Waals surface area contributed by atoms with Gasteiger partial charge in [-0.15, -0.1) is 0 Å². The number of hydrogen-bond acceptors (Lipinski definition) is 8. The summed E-state index contributed by atoms with van der Waals surface area (Å²) in [6.07, 6.45) is 4.75. The molecule has 156 valence electrons. The van der Waals surface area contributed by atoms with E-state index in [0.29, 0.717) is 34.5 Å². The van der Waals surface area contributed by atoms with E-state index in [1.807, 2.05) is 13.0 Å². The van der Waals surface area contributed by atoms with Crippen LogP contribution in [0.25, 0.3) is 10.9 Å². The Morgan fingerprint density at radius 1 is 1.20 bits per heavy atom. The molecule has 1 aliphatic rings. The van der Waals surface area contributed by atoms with Gasteiger partial charge in [-0.2, -0.15) is 4.98 Å². The van der Waals surface area contributed by atoms with Gasteiger partial charge in [-0.1, -0.05) is 0 Å². The number of hydrogen-bond donors (Lipinski definition) is 2. The van der Waals surface area contributed by atoms with Gasteiger partial charge in [0.1, 0.15) is 6.33 Å². The van der Waals surface area contributed by atoms with Crippen LogP contribution in [-0.4, -0.2) is 58.1 Å². The quantitative estimate of drug-likeness (QED) is 0.678. The highest BCUT2D eigenvalue weighted by atomic mass is 16.5. The Kier molecular flexibility index (Phi) is 5.45. The molecule has 1 amide bonds. The maximum Gasteiger partial charge on any atom is 0.316 e. The molecule has 2 aromatic heterocycles. The molecule has 0 bridgehead atoms. The van der Waals surface area contributed by atoms with E-state index in [0.717, 1.165) is 24.2 Å². The first-order valence-corrected chi connectivity index (χ1v) is 9.89. The Labute approximate surface area is 174 Å². The Balaban J connectivity index is 1.77. The van der Waals surface area contributed by atoms with Gasteiger partial charge in [0, 0.05) is 42.4 Å². The lowest BCUT2D eigenvalue weighted by molar-refractivity contribution is 0.102. The number of benzene rings is 1. The average molecular weight is 407 g/mol. The van der Waals surface area contributed by atoms with Crippen molar-refractivity contribution >= 4 is 28.2 Å². The molecule has 0 saturated carbocycles. The van der Waals surface area contributed by atoms with E-state index < -0.39 is 0 Å². The van der Waals surface area contributed by atoms with E-state index in [1.54, 1.807) is 18.5 Å². The van der Waals surface area contributed by atoms with E-state index in [4.69, 9.17) is 4.74 Å². The molecule has 1 aliphatic heterocycles. The lowest BCUT2D eigenvalue weighted by atomic mass is 10.0. The van der Waals surface area contributed by atoms with Gasteiger partial charge < -0.3 is 20.3 Å². The summed E-state index contributed by atoms with van der Waals surface area (Å²) in [6, 6.07) is 4.69. The number of nitrogens with zero attached hydrogens (tertiary/aromatic N) is 5. The third-order valence-electron chi connectivity index (χ3n) is 5.19. The first-order valence-electron chi connectivity index (χ1n) is 9.89. The van der Waals surface area contributed by atoms with Crippen LogP contribution in [0.4, 0.5) is 11.4 Å². The Morgan fingerprint density at radius 2 is 1.97 bits per heavy atom. The molecule has 9 nitrogen and oxygen atoms in total. The minimum atomic E-state index is -0.285. The molecule has 1 saturated heterocycles. The van der Waals surface area contributed by atoms with Gasteiger partial charge in [-0.05, 0) is 32.9 Å². The van der Waals surface area contributed by atoms with Crippen LogP contribution in [0.3, 0.4) is 0 Å². The van der Waals surface area contributed by atoms with Crippen molar-refractivity contribution in [2.75, 3.05) is 30.4 Å². The number of amides is 1. The number of carbonyl (C=O) groups excluding carboxylic acids is 1. The van der Waals surface area contributed by atoms with E-state index in [1.165, 1.54) is 13.4 Å². The second-order valence-corrected chi connectivity index (χ2v) is 7.60. The number of methoxy groups -OCH3 is 1. The summed E-state index contributed by atoms with van der Waals surface area (Å²) in [5.41, 5.74) is 3.24. The average Bonchev–Trinajstić information content (AvgIpc) is 2.73. The van der Waals surface area contributed by atoms with Gasteiger partial charge in [0.2, 0.25) is 0 Å². The number of anilines is 2. The van der Waals surface area contributed by atoms with Crippen LogP contribution >= 0.6 is 0 Å². The van der Waals surface area contributed by atoms with E-state index in [2.05, 4.69) is 49.3 Å². The van der Waals surface area contributed by atoms with Gasteiger partial charge in [0.15, 0.2) is 0 Å². The molecule has 2 unspecified atom stereocenters. The summed E-state index contributed by atoms with van der Waals surface area (Å²) in [4.78, 5) is 32.3. The van der Waals surface area contributed by atoms with Crippen LogP contribution in [0, 0.1) is 6.92 Å². The Morgan fingerprint density at radius 3 is 2.67 bits per heavy atom. The molecule has 0 aliphatic carbocycles. The highest BCUT2D eigenvalue weighted by molar-refractivity contribution is 6.14. The number of nitrogens with one attached hydrogen (secondary N) is 2. The molecule has 1 aromatic carbocycles. The second-order valence-electron chi connectivity index (χ2n) is 7.60. The SMILES string of the molecule is COc1ncc2c(N3CC(C)NC(C)C3)ccc(C(=O)Nc3cncnc3C)c2n1. The molecule has 2 atom stereocenters. The number of carbonyl (C=O) groups is 1. The molecule has 3 aromatic rings. The maximum atomic E-state index is 13.1. The Bertz CT molecular complexity index is 1080. The van der Waals surface area contributed by atoms with Gasteiger partial charge in [0.05, 0.1) is 35.8 Å². The highest BCUT2D eigenvalue weighted by Crippen LogP contribution is 2.31. The molecule has 0 spiro atoms. The predicted octanol–water partition coefficient (Wildman–Crippen LogP) is 2.18. The summed E-state index contributed by atoms with van der Waals surface area (Å²) >= 11 is 0. The number of ether oxygens (including phenoxy) is 1. The summed E-state index contributed by atoms with van der Waals surface area (Å²) in [7, 11) is 1.51. The number of piperazine rings is 1. The summed E-state index contributed by atoms with van der Waals surface area (Å²) in [5, 5.41) is 7.23. The fourth-order valence-electron chi connectivity index (χ4n) is 3.87. The van der Waals surface area contributed by atoms with Crippen LogP contribution in [0.2, 0.25) is 0 Å². The van der Waals surface area contributed by atoms with Crippen molar-refractivity contribution < 1.29 is 9.53 Å². The van der Waals surface area contributed by atoms with Gasteiger partial charge in [-0.25, -0.2) is 15.0 Å². The van der Waals surface area contributed by atoms with Crippen molar-refractivity contribution in [3.63, 3.8) is 0 Å². The molecule has 4 rings (SSSR count). The van der Waals surface area contributed by atoms with Crippen LogP contribution in [0.15, 0.2) is 30.9 Å². The third-order valence-corrected chi connectivity index (χ3v) is 5.19. The number of rotatable bonds is 4. The van der Waals surface area contributed by atoms with E-state index in [9.17, 15) is 4.79 Å². The number of fused-ring (bicyclic) bond motifs is 1. The summed E-state index contributed by atoms with van der Waals surface area (Å²) in [6.45, 7) is 7.86. The maximum absolute atomic E-state index is 13.1. The lowest BCUT2D eigenvalue weighted by Crippen LogP contribution is -2.54. The van der Waals surface area contributed by atoms with Crippen molar-refractivity contribution in [1.29, 1.82) is 0 Å². The van der Waals surface area contributed by atoms with Crippen molar-refractivity contribution in [1.82, 2.24) is 25.3 Å². The molecule has 30 heavy (non-hydrogen) atoms.